The van der Waals surface area contributed by atoms with Crippen molar-refractivity contribution in [3.05, 3.63) is 94.8 Å². The van der Waals surface area contributed by atoms with E-state index >= 15 is 0 Å². The largest absolute Gasteiger partial charge is 0.325 e. The molecule has 3 rings (SSSR count). The normalized spacial score (nSPS) is 11.2. The summed E-state index contributed by atoms with van der Waals surface area (Å²) in [6.07, 6.45) is 0.249. The molecule has 3 aromatic rings. The van der Waals surface area contributed by atoms with Crippen molar-refractivity contribution in [1.82, 2.24) is 4.31 Å². The molecule has 0 saturated heterocycles. The van der Waals surface area contributed by atoms with E-state index in [1.54, 1.807) is 24.3 Å². The van der Waals surface area contributed by atoms with E-state index in [1.165, 1.54) is 48.5 Å². The zero-order valence-electron chi connectivity index (χ0n) is 16.8. The van der Waals surface area contributed by atoms with E-state index in [2.05, 4.69) is 5.32 Å². The molecule has 0 heterocycles. The van der Waals surface area contributed by atoms with Crippen LogP contribution in [0.4, 0.5) is 10.1 Å². The Balaban J connectivity index is 1.82. The number of rotatable bonds is 8. The van der Waals surface area contributed by atoms with Crippen molar-refractivity contribution in [2.75, 3.05) is 11.9 Å². The van der Waals surface area contributed by atoms with Crippen LogP contribution < -0.4 is 5.32 Å². The van der Waals surface area contributed by atoms with Crippen molar-refractivity contribution in [1.29, 1.82) is 5.26 Å². The molecule has 0 spiro atoms. The van der Waals surface area contributed by atoms with Gasteiger partial charge in [0.2, 0.25) is 15.9 Å². The number of hydrogen-bond donors (Lipinski definition) is 1. The van der Waals surface area contributed by atoms with Gasteiger partial charge in [-0.05, 0) is 59.7 Å². The van der Waals surface area contributed by atoms with Crippen molar-refractivity contribution < 1.29 is 17.6 Å². The standard InChI is InChI=1S/C23H19ClFN3O3S/c24-19-5-11-22(12-6-19)32(30,31)28(15-18-1-7-20(25)8-2-18)16-23(29)27-21-9-3-17(4-10-21)13-14-26/h1-12H,13,15-16H2,(H,27,29). The van der Waals surface area contributed by atoms with Gasteiger partial charge in [-0.2, -0.15) is 9.57 Å². The lowest BCUT2D eigenvalue weighted by Crippen LogP contribution is -2.37. The molecule has 32 heavy (non-hydrogen) atoms. The van der Waals surface area contributed by atoms with E-state index in [0.29, 0.717) is 16.3 Å². The van der Waals surface area contributed by atoms with Crippen molar-refractivity contribution in [3.8, 4) is 6.07 Å². The molecule has 0 aliphatic carbocycles. The summed E-state index contributed by atoms with van der Waals surface area (Å²) in [6, 6.07) is 19.7. The predicted octanol–water partition coefficient (Wildman–Crippen LogP) is 4.37. The number of carbonyl (C=O) groups excluding carboxylic acids is 1. The van der Waals surface area contributed by atoms with Gasteiger partial charge in [0.05, 0.1) is 23.9 Å². The Kier molecular flexibility index (Phi) is 7.59. The van der Waals surface area contributed by atoms with Gasteiger partial charge in [0.1, 0.15) is 5.82 Å². The average Bonchev–Trinajstić information content (AvgIpc) is 2.76. The van der Waals surface area contributed by atoms with Crippen LogP contribution in [0.25, 0.3) is 0 Å². The first-order chi connectivity index (χ1) is 15.3. The van der Waals surface area contributed by atoms with Gasteiger partial charge < -0.3 is 5.32 Å². The maximum absolute atomic E-state index is 13.3. The maximum atomic E-state index is 13.3. The van der Waals surface area contributed by atoms with Crippen LogP contribution in [-0.4, -0.2) is 25.2 Å². The summed E-state index contributed by atoms with van der Waals surface area (Å²) in [4.78, 5) is 12.6. The SMILES string of the molecule is N#CCc1ccc(NC(=O)CN(Cc2ccc(F)cc2)S(=O)(=O)c2ccc(Cl)cc2)cc1. The van der Waals surface area contributed by atoms with E-state index in [-0.39, 0.29) is 17.9 Å². The number of nitrogens with zero attached hydrogens (tertiary/aromatic N) is 2. The Labute approximate surface area is 190 Å². The fraction of sp³-hybridized carbons (Fsp3) is 0.130. The third kappa shape index (κ3) is 6.14. The highest BCUT2D eigenvalue weighted by Gasteiger charge is 2.27. The topological polar surface area (TPSA) is 90.3 Å². The van der Waals surface area contributed by atoms with Gasteiger partial charge >= 0.3 is 0 Å². The second kappa shape index (κ2) is 10.4. The van der Waals surface area contributed by atoms with E-state index < -0.39 is 28.3 Å². The Morgan fingerprint density at radius 3 is 2.16 bits per heavy atom. The number of benzene rings is 3. The molecule has 0 aliphatic rings. The van der Waals surface area contributed by atoms with Crippen LogP contribution in [0.15, 0.2) is 77.7 Å². The van der Waals surface area contributed by atoms with Crippen molar-refractivity contribution in [2.24, 2.45) is 0 Å². The number of anilines is 1. The van der Waals surface area contributed by atoms with Gasteiger partial charge in [0.15, 0.2) is 0 Å². The Hall–Kier alpha value is -3.25. The third-order valence-corrected chi connectivity index (χ3v) is 6.62. The van der Waals surface area contributed by atoms with E-state index in [0.717, 1.165) is 9.87 Å². The molecule has 0 aromatic heterocycles. The Bertz CT molecular complexity index is 1220. The molecule has 1 N–H and O–H groups in total. The number of nitriles is 1. The minimum absolute atomic E-state index is 0.0160. The minimum Gasteiger partial charge on any atom is -0.325 e. The van der Waals surface area contributed by atoms with Crippen molar-refractivity contribution in [2.45, 2.75) is 17.9 Å². The molecule has 0 aliphatic heterocycles. The predicted molar refractivity (Wildman–Crippen MR) is 120 cm³/mol. The molecule has 164 valence electrons. The molecule has 0 saturated carbocycles. The lowest BCUT2D eigenvalue weighted by Gasteiger charge is -2.22. The third-order valence-electron chi connectivity index (χ3n) is 4.56. The van der Waals surface area contributed by atoms with Crippen molar-refractivity contribution in [3.63, 3.8) is 0 Å². The molecule has 0 fully saturated rings. The molecule has 0 atom stereocenters. The van der Waals surface area contributed by atoms with Gasteiger partial charge in [-0.15, -0.1) is 0 Å². The number of nitrogens with one attached hydrogen (secondary N) is 1. The first kappa shape index (κ1) is 23.4. The lowest BCUT2D eigenvalue weighted by molar-refractivity contribution is -0.116. The number of sulfonamides is 1. The first-order valence-electron chi connectivity index (χ1n) is 9.54. The van der Waals surface area contributed by atoms with Crippen LogP contribution in [-0.2, 0) is 27.8 Å². The molecular weight excluding hydrogens is 453 g/mol. The van der Waals surface area contributed by atoms with E-state index in [9.17, 15) is 17.6 Å². The first-order valence-corrected chi connectivity index (χ1v) is 11.4. The maximum Gasteiger partial charge on any atom is 0.243 e. The smallest absolute Gasteiger partial charge is 0.243 e. The summed E-state index contributed by atoms with van der Waals surface area (Å²) < 4.78 is 40.7. The van der Waals surface area contributed by atoms with Gasteiger partial charge in [0.25, 0.3) is 0 Å². The van der Waals surface area contributed by atoms with Gasteiger partial charge in [-0.1, -0.05) is 35.9 Å². The van der Waals surface area contributed by atoms with Crippen LogP contribution in [0.5, 0.6) is 0 Å². The summed E-state index contributed by atoms with van der Waals surface area (Å²) in [5.41, 5.74) is 1.80. The second-order valence-corrected chi connectivity index (χ2v) is 9.31. The minimum atomic E-state index is -4.04. The van der Waals surface area contributed by atoms with Gasteiger partial charge in [-0.25, -0.2) is 12.8 Å². The Morgan fingerprint density at radius 1 is 0.969 bits per heavy atom. The molecule has 0 radical (unpaired) electrons. The summed E-state index contributed by atoms with van der Waals surface area (Å²) in [7, 11) is -4.04. The number of halogens is 2. The summed E-state index contributed by atoms with van der Waals surface area (Å²) in [5.74, 6) is -0.990. The number of amides is 1. The molecule has 6 nitrogen and oxygen atoms in total. The highest BCUT2D eigenvalue weighted by atomic mass is 35.5. The van der Waals surface area contributed by atoms with Gasteiger partial charge in [-0.3, -0.25) is 4.79 Å². The van der Waals surface area contributed by atoms with E-state index in [1.807, 2.05) is 6.07 Å². The summed E-state index contributed by atoms with van der Waals surface area (Å²) >= 11 is 5.87. The summed E-state index contributed by atoms with van der Waals surface area (Å²) in [6.45, 7) is -0.581. The quantitative estimate of drug-likeness (QED) is 0.528. The lowest BCUT2D eigenvalue weighted by atomic mass is 10.1. The van der Waals surface area contributed by atoms with Crippen LogP contribution in [0.3, 0.4) is 0 Å². The molecular formula is C23H19ClFN3O3S. The van der Waals surface area contributed by atoms with Crippen LogP contribution in [0.2, 0.25) is 5.02 Å². The van der Waals surface area contributed by atoms with E-state index in [4.69, 9.17) is 16.9 Å². The molecule has 1 amide bonds. The van der Waals surface area contributed by atoms with Crippen LogP contribution in [0, 0.1) is 17.1 Å². The monoisotopic (exact) mass is 471 g/mol. The summed E-state index contributed by atoms with van der Waals surface area (Å²) in [5, 5.41) is 11.8. The molecule has 3 aromatic carbocycles. The highest BCUT2D eigenvalue weighted by Crippen LogP contribution is 2.21. The second-order valence-electron chi connectivity index (χ2n) is 6.93. The molecule has 0 unspecified atom stereocenters. The molecule has 9 heteroatoms. The van der Waals surface area contributed by atoms with Crippen LogP contribution >= 0.6 is 11.6 Å². The zero-order valence-corrected chi connectivity index (χ0v) is 18.4. The average molecular weight is 472 g/mol. The zero-order chi connectivity index (χ0) is 23.1. The fourth-order valence-electron chi connectivity index (χ4n) is 2.93. The Morgan fingerprint density at radius 2 is 1.56 bits per heavy atom. The molecule has 0 bridgehead atoms. The highest BCUT2D eigenvalue weighted by molar-refractivity contribution is 7.89. The fourth-order valence-corrected chi connectivity index (χ4v) is 4.44. The van der Waals surface area contributed by atoms with Crippen LogP contribution in [0.1, 0.15) is 11.1 Å². The number of carbonyl (C=O) groups is 1. The number of hydrogen-bond acceptors (Lipinski definition) is 4. The van der Waals surface area contributed by atoms with Gasteiger partial charge in [0, 0.05) is 17.3 Å². The van der Waals surface area contributed by atoms with Crippen molar-refractivity contribution >= 4 is 33.2 Å².